The van der Waals surface area contributed by atoms with Crippen LogP contribution >= 0.6 is 0 Å². The smallest absolute Gasteiger partial charge is 0.318 e. The van der Waals surface area contributed by atoms with Gasteiger partial charge in [0.05, 0.1) is 6.04 Å². The van der Waals surface area contributed by atoms with E-state index >= 15 is 0 Å². The zero-order valence-electron chi connectivity index (χ0n) is 13.3. The van der Waals surface area contributed by atoms with Crippen molar-refractivity contribution < 1.29 is 18.4 Å². The minimum Gasteiger partial charge on any atom is -0.341 e. The molecule has 3 amide bonds. The summed E-state index contributed by atoms with van der Waals surface area (Å²) in [7, 11) is 0. The normalized spacial score (nSPS) is 17.0. The first-order valence-corrected chi connectivity index (χ1v) is 7.71. The van der Waals surface area contributed by atoms with Crippen molar-refractivity contribution in [2.45, 2.75) is 26.3 Å². The van der Waals surface area contributed by atoms with Crippen LogP contribution < -0.4 is 5.32 Å². The molecule has 1 heterocycles. The highest BCUT2D eigenvalue weighted by Crippen LogP contribution is 2.19. The highest BCUT2D eigenvalue weighted by Gasteiger charge is 2.25. The molecule has 1 N–H and O–H groups in total. The number of hydrogen-bond donors (Lipinski definition) is 1. The van der Waals surface area contributed by atoms with Crippen molar-refractivity contribution in [2.75, 3.05) is 26.2 Å². The molecule has 0 bridgehead atoms. The molecule has 1 fully saturated rings. The summed E-state index contributed by atoms with van der Waals surface area (Å²) < 4.78 is 27.0. The maximum atomic E-state index is 13.8. The molecule has 0 saturated carbocycles. The van der Waals surface area contributed by atoms with E-state index in [-0.39, 0.29) is 18.0 Å². The summed E-state index contributed by atoms with van der Waals surface area (Å²) in [6, 6.07) is 2.70. The van der Waals surface area contributed by atoms with E-state index in [0.29, 0.717) is 26.1 Å². The Morgan fingerprint density at radius 3 is 2.78 bits per heavy atom. The number of benzene rings is 1. The largest absolute Gasteiger partial charge is 0.341 e. The van der Waals surface area contributed by atoms with E-state index in [2.05, 4.69) is 5.32 Å². The fourth-order valence-electron chi connectivity index (χ4n) is 2.64. The van der Waals surface area contributed by atoms with Crippen molar-refractivity contribution in [3.05, 3.63) is 35.4 Å². The van der Waals surface area contributed by atoms with Crippen molar-refractivity contribution in [1.82, 2.24) is 15.1 Å². The van der Waals surface area contributed by atoms with Crippen LogP contribution in [0.25, 0.3) is 0 Å². The molecule has 126 valence electrons. The number of likely N-dealkylation sites (N-methyl/N-ethyl adjacent to an activating group) is 1. The summed E-state index contributed by atoms with van der Waals surface area (Å²) in [5.74, 6) is -2.03. The average molecular weight is 325 g/mol. The van der Waals surface area contributed by atoms with Gasteiger partial charge in [-0.3, -0.25) is 4.79 Å². The van der Waals surface area contributed by atoms with Gasteiger partial charge in [0.15, 0.2) is 11.6 Å². The van der Waals surface area contributed by atoms with Gasteiger partial charge in [-0.05, 0) is 26.3 Å². The molecule has 0 unspecified atom stereocenters. The molecule has 23 heavy (non-hydrogen) atoms. The van der Waals surface area contributed by atoms with Gasteiger partial charge in [0.1, 0.15) is 6.54 Å². The SMILES string of the molecule is CCN1CCCN(C(=O)N[C@@H](C)c2cccc(F)c2F)CC1=O. The molecule has 2 rings (SSSR count). The Morgan fingerprint density at radius 2 is 2.09 bits per heavy atom. The van der Waals surface area contributed by atoms with Crippen molar-refractivity contribution >= 4 is 11.9 Å². The topological polar surface area (TPSA) is 52.6 Å². The number of carbonyl (C=O) groups is 2. The summed E-state index contributed by atoms with van der Waals surface area (Å²) in [6.07, 6.45) is 0.690. The molecule has 1 aliphatic heterocycles. The predicted molar refractivity (Wildman–Crippen MR) is 81.7 cm³/mol. The molecule has 5 nitrogen and oxygen atoms in total. The van der Waals surface area contributed by atoms with Gasteiger partial charge in [0.25, 0.3) is 0 Å². The van der Waals surface area contributed by atoms with E-state index in [1.165, 1.54) is 17.0 Å². The third-order valence-electron chi connectivity index (χ3n) is 3.99. The van der Waals surface area contributed by atoms with Crippen molar-refractivity contribution in [1.29, 1.82) is 0 Å². The van der Waals surface area contributed by atoms with E-state index in [1.54, 1.807) is 11.8 Å². The number of amides is 3. The fourth-order valence-corrected chi connectivity index (χ4v) is 2.64. The van der Waals surface area contributed by atoms with Gasteiger partial charge in [-0.15, -0.1) is 0 Å². The van der Waals surface area contributed by atoms with Crippen LogP contribution in [0.5, 0.6) is 0 Å². The molecule has 0 radical (unpaired) electrons. The lowest BCUT2D eigenvalue weighted by molar-refractivity contribution is -0.130. The number of rotatable bonds is 3. The molecule has 0 aromatic heterocycles. The first-order valence-electron chi connectivity index (χ1n) is 7.71. The van der Waals surface area contributed by atoms with Crippen LogP contribution in [0.15, 0.2) is 18.2 Å². The number of nitrogens with zero attached hydrogens (tertiary/aromatic N) is 2. The molecular formula is C16H21F2N3O2. The molecule has 0 aliphatic carbocycles. The van der Waals surface area contributed by atoms with Gasteiger partial charge in [-0.1, -0.05) is 12.1 Å². The van der Waals surface area contributed by atoms with Crippen LogP contribution in [-0.4, -0.2) is 47.9 Å². The third-order valence-corrected chi connectivity index (χ3v) is 3.99. The summed E-state index contributed by atoms with van der Waals surface area (Å²) in [5, 5.41) is 2.62. The van der Waals surface area contributed by atoms with E-state index in [1.807, 2.05) is 6.92 Å². The van der Waals surface area contributed by atoms with Gasteiger partial charge in [-0.25, -0.2) is 13.6 Å². The molecular weight excluding hydrogens is 304 g/mol. The highest BCUT2D eigenvalue weighted by atomic mass is 19.2. The van der Waals surface area contributed by atoms with Gasteiger partial charge < -0.3 is 15.1 Å². The fraction of sp³-hybridized carbons (Fsp3) is 0.500. The Hall–Kier alpha value is -2.18. The Balaban J connectivity index is 2.03. The van der Waals surface area contributed by atoms with E-state index in [9.17, 15) is 18.4 Å². The molecule has 1 saturated heterocycles. The van der Waals surface area contributed by atoms with Gasteiger partial charge in [0.2, 0.25) is 5.91 Å². The highest BCUT2D eigenvalue weighted by molar-refractivity contribution is 5.84. The van der Waals surface area contributed by atoms with Crippen LogP contribution in [0.3, 0.4) is 0 Å². The van der Waals surface area contributed by atoms with Crippen molar-refractivity contribution in [2.24, 2.45) is 0 Å². The van der Waals surface area contributed by atoms with Gasteiger partial charge in [0, 0.05) is 25.2 Å². The van der Waals surface area contributed by atoms with Crippen molar-refractivity contribution in [3.63, 3.8) is 0 Å². The first-order chi connectivity index (χ1) is 10.9. The molecule has 1 aliphatic rings. The number of hydrogen-bond acceptors (Lipinski definition) is 2. The van der Waals surface area contributed by atoms with Crippen LogP contribution in [0, 0.1) is 11.6 Å². The van der Waals surface area contributed by atoms with E-state index < -0.39 is 23.7 Å². The van der Waals surface area contributed by atoms with Gasteiger partial charge >= 0.3 is 6.03 Å². The van der Waals surface area contributed by atoms with Crippen LogP contribution in [-0.2, 0) is 4.79 Å². The predicted octanol–water partition coefficient (Wildman–Crippen LogP) is 2.29. The second kappa shape index (κ2) is 7.39. The Kier molecular flexibility index (Phi) is 5.52. The second-order valence-corrected chi connectivity index (χ2v) is 5.56. The lowest BCUT2D eigenvalue weighted by atomic mass is 10.1. The summed E-state index contributed by atoms with van der Waals surface area (Å²) in [6.45, 7) is 5.15. The van der Waals surface area contributed by atoms with Gasteiger partial charge in [-0.2, -0.15) is 0 Å². The number of halogens is 2. The Morgan fingerprint density at radius 1 is 1.35 bits per heavy atom. The van der Waals surface area contributed by atoms with E-state index in [0.717, 1.165) is 6.07 Å². The zero-order valence-corrected chi connectivity index (χ0v) is 13.3. The van der Waals surface area contributed by atoms with Crippen molar-refractivity contribution in [3.8, 4) is 0 Å². The number of urea groups is 1. The van der Waals surface area contributed by atoms with Crippen LogP contribution in [0.2, 0.25) is 0 Å². The lowest BCUT2D eigenvalue weighted by Crippen LogP contribution is -2.45. The minimum absolute atomic E-state index is 0.00196. The quantitative estimate of drug-likeness (QED) is 0.927. The molecule has 0 spiro atoms. The third kappa shape index (κ3) is 3.97. The van der Waals surface area contributed by atoms with E-state index in [4.69, 9.17) is 0 Å². The number of carbonyl (C=O) groups excluding carboxylic acids is 2. The minimum atomic E-state index is -0.968. The average Bonchev–Trinajstić information content (AvgIpc) is 2.71. The molecule has 1 aromatic carbocycles. The monoisotopic (exact) mass is 325 g/mol. The van der Waals surface area contributed by atoms with Crippen LogP contribution in [0.4, 0.5) is 13.6 Å². The molecule has 7 heteroatoms. The maximum absolute atomic E-state index is 13.8. The standard InChI is InChI=1S/C16H21F2N3O2/c1-3-20-8-5-9-21(10-14(20)22)16(23)19-11(2)12-6-4-7-13(17)15(12)18/h4,6-7,11H,3,5,8-10H2,1-2H3,(H,19,23)/t11-/m0/s1. The number of nitrogens with one attached hydrogen (secondary N) is 1. The molecule has 1 aromatic rings. The zero-order chi connectivity index (χ0) is 17.0. The lowest BCUT2D eigenvalue weighted by Gasteiger charge is -2.24. The Labute approximate surface area is 134 Å². The maximum Gasteiger partial charge on any atom is 0.318 e. The molecule has 1 atom stereocenters. The summed E-state index contributed by atoms with van der Waals surface area (Å²) in [4.78, 5) is 27.4. The first kappa shape index (κ1) is 17.2. The summed E-state index contributed by atoms with van der Waals surface area (Å²) >= 11 is 0. The van der Waals surface area contributed by atoms with Crippen LogP contribution in [0.1, 0.15) is 31.9 Å². The Bertz CT molecular complexity index is 595. The summed E-state index contributed by atoms with van der Waals surface area (Å²) in [5.41, 5.74) is 0.0784. The second-order valence-electron chi connectivity index (χ2n) is 5.56.